The SMILES string of the molecule is CC(C)(C)CC(=O)Cc1c(F)cccc1Cl. The maximum Gasteiger partial charge on any atom is 0.137 e. The van der Waals surface area contributed by atoms with Crippen LogP contribution in [0.4, 0.5) is 4.39 Å². The lowest BCUT2D eigenvalue weighted by Gasteiger charge is -2.17. The highest BCUT2D eigenvalue weighted by molar-refractivity contribution is 6.31. The van der Waals surface area contributed by atoms with Crippen LogP contribution in [0.5, 0.6) is 0 Å². The van der Waals surface area contributed by atoms with Crippen LogP contribution in [0.1, 0.15) is 32.8 Å². The highest BCUT2D eigenvalue weighted by Gasteiger charge is 2.18. The number of rotatable bonds is 3. The fourth-order valence-corrected chi connectivity index (χ4v) is 1.78. The molecule has 0 aliphatic rings. The molecule has 3 heteroatoms. The molecule has 88 valence electrons. The summed E-state index contributed by atoms with van der Waals surface area (Å²) in [4.78, 5) is 11.7. The van der Waals surface area contributed by atoms with Gasteiger partial charge in [0.1, 0.15) is 11.6 Å². The van der Waals surface area contributed by atoms with Gasteiger partial charge in [0.25, 0.3) is 0 Å². The van der Waals surface area contributed by atoms with Gasteiger partial charge in [-0.3, -0.25) is 4.79 Å². The minimum Gasteiger partial charge on any atom is -0.299 e. The van der Waals surface area contributed by atoms with Gasteiger partial charge >= 0.3 is 0 Å². The summed E-state index contributed by atoms with van der Waals surface area (Å²) in [5, 5.41) is 0.322. The lowest BCUT2D eigenvalue weighted by molar-refractivity contribution is -0.120. The van der Waals surface area contributed by atoms with E-state index in [0.717, 1.165) is 0 Å². The van der Waals surface area contributed by atoms with Crippen molar-refractivity contribution in [3.63, 3.8) is 0 Å². The molecule has 0 saturated carbocycles. The molecule has 0 saturated heterocycles. The second-order valence-electron chi connectivity index (χ2n) is 5.15. The fraction of sp³-hybridized carbons (Fsp3) is 0.462. The first-order valence-corrected chi connectivity index (χ1v) is 5.62. The van der Waals surface area contributed by atoms with Crippen LogP contribution in [0, 0.1) is 11.2 Å². The average Bonchev–Trinajstić information content (AvgIpc) is 2.08. The summed E-state index contributed by atoms with van der Waals surface area (Å²) < 4.78 is 13.4. The van der Waals surface area contributed by atoms with Crippen LogP contribution < -0.4 is 0 Å². The van der Waals surface area contributed by atoms with Gasteiger partial charge < -0.3 is 0 Å². The molecular formula is C13H16ClFO. The van der Waals surface area contributed by atoms with Gasteiger partial charge in [0, 0.05) is 23.4 Å². The van der Waals surface area contributed by atoms with E-state index in [1.165, 1.54) is 12.1 Å². The molecule has 16 heavy (non-hydrogen) atoms. The lowest BCUT2D eigenvalue weighted by atomic mass is 9.88. The molecule has 1 aromatic carbocycles. The van der Waals surface area contributed by atoms with E-state index in [4.69, 9.17) is 11.6 Å². The third-order valence-electron chi connectivity index (χ3n) is 2.16. The van der Waals surface area contributed by atoms with Gasteiger partial charge in [-0.1, -0.05) is 38.4 Å². The number of benzene rings is 1. The van der Waals surface area contributed by atoms with Gasteiger partial charge in [0.05, 0.1) is 0 Å². The molecule has 0 aromatic heterocycles. The van der Waals surface area contributed by atoms with E-state index >= 15 is 0 Å². The number of ketones is 1. The van der Waals surface area contributed by atoms with Crippen molar-refractivity contribution in [2.75, 3.05) is 0 Å². The summed E-state index contributed by atoms with van der Waals surface area (Å²) in [6.45, 7) is 5.94. The molecule has 0 amide bonds. The smallest absolute Gasteiger partial charge is 0.137 e. The Morgan fingerprint density at radius 2 is 2.00 bits per heavy atom. The van der Waals surface area contributed by atoms with E-state index in [1.54, 1.807) is 6.07 Å². The molecule has 0 bridgehead atoms. The second-order valence-corrected chi connectivity index (χ2v) is 5.56. The Hall–Kier alpha value is -0.890. The molecule has 0 fully saturated rings. The highest BCUT2D eigenvalue weighted by Crippen LogP contribution is 2.23. The molecule has 0 aliphatic carbocycles. The Kier molecular flexibility index (Phi) is 4.09. The fourth-order valence-electron chi connectivity index (χ4n) is 1.55. The first-order valence-electron chi connectivity index (χ1n) is 5.24. The van der Waals surface area contributed by atoms with Crippen molar-refractivity contribution < 1.29 is 9.18 Å². The molecule has 0 heterocycles. The van der Waals surface area contributed by atoms with Crippen molar-refractivity contribution in [1.29, 1.82) is 0 Å². The van der Waals surface area contributed by atoms with Crippen molar-refractivity contribution in [2.45, 2.75) is 33.6 Å². The monoisotopic (exact) mass is 242 g/mol. The van der Waals surface area contributed by atoms with E-state index in [9.17, 15) is 9.18 Å². The molecular weight excluding hydrogens is 227 g/mol. The summed E-state index contributed by atoms with van der Waals surface area (Å²) >= 11 is 5.85. The summed E-state index contributed by atoms with van der Waals surface area (Å²) in [7, 11) is 0. The summed E-state index contributed by atoms with van der Waals surface area (Å²) in [5.74, 6) is -0.394. The van der Waals surface area contributed by atoms with E-state index < -0.39 is 5.82 Å². The zero-order valence-corrected chi connectivity index (χ0v) is 10.6. The molecule has 1 nitrogen and oxygen atoms in total. The Balaban J connectivity index is 2.78. The Bertz CT molecular complexity index is 373. The van der Waals surface area contributed by atoms with Crippen LogP contribution in [-0.4, -0.2) is 5.78 Å². The van der Waals surface area contributed by atoms with E-state index in [-0.39, 0.29) is 17.6 Å². The molecule has 0 radical (unpaired) electrons. The molecule has 0 atom stereocenters. The largest absolute Gasteiger partial charge is 0.299 e. The second kappa shape index (κ2) is 4.96. The first kappa shape index (κ1) is 13.2. The van der Waals surface area contributed by atoms with Gasteiger partial charge in [-0.2, -0.15) is 0 Å². The third kappa shape index (κ3) is 3.93. The Morgan fingerprint density at radius 3 is 2.50 bits per heavy atom. The topological polar surface area (TPSA) is 17.1 Å². The Labute approximate surface area is 101 Å². The Morgan fingerprint density at radius 1 is 1.38 bits per heavy atom. The minimum absolute atomic E-state index is 0.0134. The van der Waals surface area contributed by atoms with Crippen LogP contribution >= 0.6 is 11.6 Å². The first-order chi connectivity index (χ1) is 7.29. The molecule has 0 N–H and O–H groups in total. The average molecular weight is 243 g/mol. The van der Waals surface area contributed by atoms with Crippen molar-refractivity contribution in [1.82, 2.24) is 0 Å². The van der Waals surface area contributed by atoms with Crippen LogP contribution in [0.2, 0.25) is 5.02 Å². The van der Waals surface area contributed by atoms with E-state index in [0.29, 0.717) is 17.0 Å². The summed E-state index contributed by atoms with van der Waals surface area (Å²) in [6.07, 6.45) is 0.500. The van der Waals surface area contributed by atoms with Crippen molar-refractivity contribution >= 4 is 17.4 Å². The quantitative estimate of drug-likeness (QED) is 0.782. The molecule has 0 aliphatic heterocycles. The van der Waals surface area contributed by atoms with Crippen LogP contribution in [-0.2, 0) is 11.2 Å². The zero-order chi connectivity index (χ0) is 12.3. The highest BCUT2D eigenvalue weighted by atomic mass is 35.5. The normalized spacial score (nSPS) is 11.6. The summed E-state index contributed by atoms with van der Waals surface area (Å²) in [6, 6.07) is 4.46. The number of halogens is 2. The van der Waals surface area contributed by atoms with E-state index in [1.807, 2.05) is 20.8 Å². The van der Waals surface area contributed by atoms with Crippen molar-refractivity contribution in [2.24, 2.45) is 5.41 Å². The number of Topliss-reactive ketones (excluding diaryl/α,β-unsaturated/α-hetero) is 1. The van der Waals surface area contributed by atoms with Gasteiger partial charge in [-0.25, -0.2) is 4.39 Å². The third-order valence-corrected chi connectivity index (χ3v) is 2.52. The van der Waals surface area contributed by atoms with Crippen LogP contribution in [0.3, 0.4) is 0 Å². The molecule has 0 spiro atoms. The standard InChI is InChI=1S/C13H16ClFO/c1-13(2,3)8-9(16)7-10-11(14)5-4-6-12(10)15/h4-6H,7-8H2,1-3H3. The predicted octanol–water partition coefficient (Wildman–Crippen LogP) is 4.03. The van der Waals surface area contributed by atoms with Crippen LogP contribution in [0.25, 0.3) is 0 Å². The number of hydrogen-bond donors (Lipinski definition) is 0. The van der Waals surface area contributed by atoms with Crippen molar-refractivity contribution in [3.05, 3.63) is 34.6 Å². The zero-order valence-electron chi connectivity index (χ0n) is 9.81. The molecule has 1 aromatic rings. The van der Waals surface area contributed by atoms with Gasteiger partial charge in [-0.05, 0) is 17.5 Å². The maximum atomic E-state index is 13.4. The van der Waals surface area contributed by atoms with Crippen molar-refractivity contribution in [3.8, 4) is 0 Å². The van der Waals surface area contributed by atoms with E-state index in [2.05, 4.69) is 0 Å². The van der Waals surface area contributed by atoms with Gasteiger partial charge in [-0.15, -0.1) is 0 Å². The molecule has 0 unspecified atom stereocenters. The minimum atomic E-state index is -0.408. The number of carbonyl (C=O) groups excluding carboxylic acids is 1. The van der Waals surface area contributed by atoms with Gasteiger partial charge in [0.2, 0.25) is 0 Å². The summed E-state index contributed by atoms with van der Waals surface area (Å²) in [5.41, 5.74) is 0.230. The van der Waals surface area contributed by atoms with Crippen LogP contribution in [0.15, 0.2) is 18.2 Å². The number of carbonyl (C=O) groups is 1. The van der Waals surface area contributed by atoms with Gasteiger partial charge in [0.15, 0.2) is 0 Å². The predicted molar refractivity (Wildman–Crippen MR) is 64.2 cm³/mol. The number of hydrogen-bond acceptors (Lipinski definition) is 1. The maximum absolute atomic E-state index is 13.4. The molecule has 1 rings (SSSR count). The lowest BCUT2D eigenvalue weighted by Crippen LogP contribution is -2.15.